The lowest BCUT2D eigenvalue weighted by molar-refractivity contribution is -0.127. The van der Waals surface area contributed by atoms with Crippen LogP contribution in [-0.4, -0.2) is 37.0 Å². The fourth-order valence-electron chi connectivity index (χ4n) is 3.48. The van der Waals surface area contributed by atoms with Crippen LogP contribution in [0.25, 0.3) is 0 Å². The van der Waals surface area contributed by atoms with Gasteiger partial charge in [0.1, 0.15) is 6.61 Å². The van der Waals surface area contributed by atoms with Gasteiger partial charge in [-0.05, 0) is 56.1 Å². The van der Waals surface area contributed by atoms with Crippen molar-refractivity contribution < 1.29 is 14.3 Å². The monoisotopic (exact) mass is 520 g/mol. The van der Waals surface area contributed by atoms with E-state index >= 15 is 0 Å². The molecule has 0 saturated carbocycles. The lowest BCUT2D eigenvalue weighted by Crippen LogP contribution is -2.28. The molecule has 0 atom stereocenters. The van der Waals surface area contributed by atoms with Gasteiger partial charge in [0.2, 0.25) is 5.91 Å². The Morgan fingerprint density at radius 2 is 1.91 bits per heavy atom. The van der Waals surface area contributed by atoms with Gasteiger partial charge in [0.15, 0.2) is 11.5 Å². The first-order chi connectivity index (χ1) is 15.0. The van der Waals surface area contributed by atoms with Gasteiger partial charge in [-0.2, -0.15) is 0 Å². The van der Waals surface area contributed by atoms with Crippen molar-refractivity contribution >= 4 is 53.1 Å². The zero-order valence-electron chi connectivity index (χ0n) is 18.0. The van der Waals surface area contributed by atoms with Gasteiger partial charge in [-0.3, -0.25) is 4.79 Å². The molecular weight excluding hydrogens is 494 g/mol. The Kier molecular flexibility index (Phi) is 11.2. The van der Waals surface area contributed by atoms with E-state index in [0.717, 1.165) is 43.6 Å². The third kappa shape index (κ3) is 7.60. The number of amides is 1. The van der Waals surface area contributed by atoms with Gasteiger partial charge in [0.25, 0.3) is 0 Å². The van der Waals surface area contributed by atoms with E-state index in [-0.39, 0.29) is 24.9 Å². The van der Waals surface area contributed by atoms with Crippen LogP contribution in [0, 0.1) is 0 Å². The van der Waals surface area contributed by atoms with E-state index < -0.39 is 0 Å². The highest BCUT2D eigenvalue weighted by molar-refractivity contribution is 6.35. The molecule has 0 aliphatic carbocycles. The maximum Gasteiger partial charge on any atom is 0.222 e. The molecular formula is C23H28Cl4N2O3. The number of nitrogens with one attached hydrogen (secondary N) is 1. The molecule has 3 rings (SSSR count). The van der Waals surface area contributed by atoms with E-state index in [2.05, 4.69) is 5.32 Å². The minimum Gasteiger partial charge on any atom is -0.490 e. The van der Waals surface area contributed by atoms with Crippen molar-refractivity contribution in [2.24, 2.45) is 0 Å². The zero-order valence-corrected chi connectivity index (χ0v) is 21.0. The van der Waals surface area contributed by atoms with Crippen molar-refractivity contribution in [1.29, 1.82) is 0 Å². The van der Waals surface area contributed by atoms with E-state index in [1.807, 2.05) is 30.0 Å². The summed E-state index contributed by atoms with van der Waals surface area (Å²) in [6.45, 7) is 5.82. The van der Waals surface area contributed by atoms with Crippen LogP contribution in [-0.2, 0) is 17.9 Å². The van der Waals surface area contributed by atoms with Crippen molar-refractivity contribution in [3.63, 3.8) is 0 Å². The minimum absolute atomic E-state index is 0. The van der Waals surface area contributed by atoms with Crippen LogP contribution in [0.3, 0.4) is 0 Å². The lowest BCUT2D eigenvalue weighted by atomic mass is 10.2. The fourth-order valence-corrected chi connectivity index (χ4v) is 4.23. The van der Waals surface area contributed by atoms with Gasteiger partial charge in [-0.25, -0.2) is 0 Å². The lowest BCUT2D eigenvalue weighted by Gasteiger charge is -2.17. The molecule has 0 radical (unpaired) electrons. The number of hydrogen-bond acceptors (Lipinski definition) is 4. The predicted molar refractivity (Wildman–Crippen MR) is 133 cm³/mol. The van der Waals surface area contributed by atoms with E-state index in [1.165, 1.54) is 0 Å². The zero-order chi connectivity index (χ0) is 22.2. The number of carbonyl (C=O) groups excluding carboxylic acids is 1. The van der Waals surface area contributed by atoms with Gasteiger partial charge >= 0.3 is 0 Å². The quantitative estimate of drug-likeness (QED) is 0.360. The summed E-state index contributed by atoms with van der Waals surface area (Å²) in [4.78, 5) is 13.6. The molecule has 0 aromatic heterocycles. The highest BCUT2D eigenvalue weighted by atomic mass is 35.5. The molecule has 2 aromatic rings. The maximum atomic E-state index is 11.7. The molecule has 1 aliphatic heterocycles. The van der Waals surface area contributed by atoms with Gasteiger partial charge < -0.3 is 19.7 Å². The summed E-state index contributed by atoms with van der Waals surface area (Å²) in [5.74, 6) is 1.36. The van der Waals surface area contributed by atoms with Gasteiger partial charge in [0, 0.05) is 41.7 Å². The molecule has 2 aromatic carbocycles. The standard InChI is InChI=1S/C23H27Cl3N2O3.ClH/c1-2-30-21-12-16(14-27-8-4-10-28-9-3-5-22(28)29)11-20(26)23(21)31-15-17-6-7-18(24)13-19(17)25;/h6-7,11-13,27H,2-5,8-10,14-15H2,1H3;1H. The molecule has 176 valence electrons. The number of likely N-dealkylation sites (tertiary alicyclic amines) is 1. The van der Waals surface area contributed by atoms with Crippen LogP contribution in [0.15, 0.2) is 30.3 Å². The number of halogens is 4. The number of benzene rings is 2. The number of ether oxygens (including phenoxy) is 2. The van der Waals surface area contributed by atoms with Crippen molar-refractivity contribution in [3.05, 3.63) is 56.5 Å². The van der Waals surface area contributed by atoms with Gasteiger partial charge in [-0.1, -0.05) is 40.9 Å². The predicted octanol–water partition coefficient (Wildman–Crippen LogP) is 6.15. The summed E-state index contributed by atoms with van der Waals surface area (Å²) in [5, 5.41) is 5.00. The molecule has 9 heteroatoms. The van der Waals surface area contributed by atoms with Crippen LogP contribution in [0.4, 0.5) is 0 Å². The third-order valence-electron chi connectivity index (χ3n) is 5.04. The number of rotatable bonds is 11. The molecule has 1 amide bonds. The third-order valence-corrected chi connectivity index (χ3v) is 5.91. The number of nitrogens with zero attached hydrogens (tertiary/aromatic N) is 1. The first-order valence-electron chi connectivity index (χ1n) is 10.5. The van der Waals surface area contributed by atoms with Crippen molar-refractivity contribution in [3.8, 4) is 11.5 Å². The number of carbonyl (C=O) groups is 1. The summed E-state index contributed by atoms with van der Waals surface area (Å²) < 4.78 is 11.7. The first-order valence-corrected chi connectivity index (χ1v) is 11.6. The highest BCUT2D eigenvalue weighted by Gasteiger charge is 2.19. The van der Waals surface area contributed by atoms with Crippen LogP contribution in [0.5, 0.6) is 11.5 Å². The molecule has 0 spiro atoms. The summed E-state index contributed by atoms with van der Waals surface area (Å²) in [5.41, 5.74) is 1.81. The largest absolute Gasteiger partial charge is 0.490 e. The molecule has 1 N–H and O–H groups in total. The fraction of sp³-hybridized carbons (Fsp3) is 0.435. The smallest absolute Gasteiger partial charge is 0.222 e. The van der Waals surface area contributed by atoms with E-state index in [1.54, 1.807) is 12.1 Å². The van der Waals surface area contributed by atoms with E-state index in [9.17, 15) is 4.79 Å². The summed E-state index contributed by atoms with van der Waals surface area (Å²) in [6.07, 6.45) is 2.58. The second kappa shape index (κ2) is 13.4. The Balaban J connectivity index is 0.00000363. The van der Waals surface area contributed by atoms with Crippen LogP contribution < -0.4 is 14.8 Å². The Hall–Kier alpha value is -1.37. The molecule has 5 nitrogen and oxygen atoms in total. The SMILES string of the molecule is CCOc1cc(CNCCCN2CCCC2=O)cc(Cl)c1OCc1ccc(Cl)cc1Cl.Cl. The first kappa shape index (κ1) is 26.9. The summed E-state index contributed by atoms with van der Waals surface area (Å²) in [6, 6.07) is 9.09. The van der Waals surface area contributed by atoms with Gasteiger partial charge in [0.05, 0.1) is 11.6 Å². The highest BCUT2D eigenvalue weighted by Crippen LogP contribution is 2.37. The van der Waals surface area contributed by atoms with Crippen LogP contribution >= 0.6 is 47.2 Å². The Bertz CT molecular complexity index is 911. The topological polar surface area (TPSA) is 50.8 Å². The molecule has 1 aliphatic rings. The van der Waals surface area contributed by atoms with E-state index in [0.29, 0.717) is 46.1 Å². The van der Waals surface area contributed by atoms with Crippen LogP contribution in [0.1, 0.15) is 37.3 Å². The molecule has 0 unspecified atom stereocenters. The molecule has 32 heavy (non-hydrogen) atoms. The molecule has 1 heterocycles. The van der Waals surface area contributed by atoms with Crippen molar-refractivity contribution in [2.75, 3.05) is 26.2 Å². The van der Waals surface area contributed by atoms with Crippen molar-refractivity contribution in [2.45, 2.75) is 39.3 Å². The number of hydrogen-bond donors (Lipinski definition) is 1. The molecule has 1 fully saturated rings. The Labute approximate surface area is 210 Å². The Morgan fingerprint density at radius 3 is 2.59 bits per heavy atom. The van der Waals surface area contributed by atoms with Gasteiger partial charge in [-0.15, -0.1) is 12.4 Å². The summed E-state index contributed by atoms with van der Waals surface area (Å²) >= 11 is 18.7. The molecule has 0 bridgehead atoms. The average Bonchev–Trinajstić information content (AvgIpc) is 3.13. The maximum absolute atomic E-state index is 11.7. The Morgan fingerprint density at radius 1 is 1.09 bits per heavy atom. The van der Waals surface area contributed by atoms with Crippen molar-refractivity contribution in [1.82, 2.24) is 10.2 Å². The second-order valence-corrected chi connectivity index (χ2v) is 8.63. The van der Waals surface area contributed by atoms with E-state index in [4.69, 9.17) is 44.3 Å². The minimum atomic E-state index is 0. The molecule has 1 saturated heterocycles. The normalized spacial score (nSPS) is 13.2. The average molecular weight is 522 g/mol. The summed E-state index contributed by atoms with van der Waals surface area (Å²) in [7, 11) is 0. The van der Waals surface area contributed by atoms with Crippen LogP contribution in [0.2, 0.25) is 15.1 Å². The second-order valence-electron chi connectivity index (χ2n) is 7.38.